The molecule has 1 amide bonds. The molecule has 2 aliphatic rings. The standard InChI is InChI=1S/C23H23F3N6O2S2/c1-22(2)20(33)32(17-5-4-16(12-27)18(11-17)23(24,25)26)21(35)31(22)14-15-3-6-19(29-13-15)30-7-9-36(28,34)10-8-30/h3-6,11,13,28H,7-10,14H2,1-2H3. The van der Waals surface area contributed by atoms with Gasteiger partial charge in [0.1, 0.15) is 11.4 Å². The first-order valence-corrected chi connectivity index (χ1v) is 13.3. The highest BCUT2D eigenvalue weighted by Gasteiger charge is 2.50. The summed E-state index contributed by atoms with van der Waals surface area (Å²) in [6, 6.07) is 8.24. The van der Waals surface area contributed by atoms with Crippen molar-refractivity contribution in [2.45, 2.75) is 32.1 Å². The number of carbonyl (C=O) groups excluding carboxylic acids is 1. The van der Waals surface area contributed by atoms with Gasteiger partial charge in [-0.25, -0.2) is 9.19 Å². The Morgan fingerprint density at radius 1 is 1.22 bits per heavy atom. The summed E-state index contributed by atoms with van der Waals surface area (Å²) in [7, 11) is -2.52. The Kier molecular flexibility index (Phi) is 6.47. The minimum absolute atomic E-state index is 0.0492. The molecule has 1 aromatic heterocycles. The lowest BCUT2D eigenvalue weighted by Crippen LogP contribution is -2.43. The molecule has 0 saturated carbocycles. The van der Waals surface area contributed by atoms with E-state index in [9.17, 15) is 22.2 Å². The van der Waals surface area contributed by atoms with Crippen molar-refractivity contribution >= 4 is 44.5 Å². The smallest absolute Gasteiger partial charge is 0.355 e. The number of nitrogens with zero attached hydrogens (tertiary/aromatic N) is 5. The van der Waals surface area contributed by atoms with E-state index in [-0.39, 0.29) is 28.9 Å². The van der Waals surface area contributed by atoms with Crippen molar-refractivity contribution in [1.29, 1.82) is 10.0 Å². The fourth-order valence-corrected chi connectivity index (χ4v) is 5.89. The van der Waals surface area contributed by atoms with Crippen LogP contribution in [0.1, 0.15) is 30.5 Å². The molecule has 2 aromatic rings. The number of thiocarbonyl (C=S) groups is 1. The second-order valence-corrected chi connectivity index (χ2v) is 11.9. The Morgan fingerprint density at radius 2 is 1.89 bits per heavy atom. The number of aromatic nitrogens is 1. The molecule has 2 fully saturated rings. The van der Waals surface area contributed by atoms with Crippen LogP contribution in [0.3, 0.4) is 0 Å². The van der Waals surface area contributed by atoms with E-state index >= 15 is 0 Å². The maximum absolute atomic E-state index is 13.5. The number of nitriles is 1. The van der Waals surface area contributed by atoms with E-state index < -0.39 is 38.5 Å². The summed E-state index contributed by atoms with van der Waals surface area (Å²) in [5.74, 6) is 0.778. The highest BCUT2D eigenvalue weighted by atomic mass is 32.2. The number of amides is 1. The average Bonchev–Trinajstić information content (AvgIpc) is 2.98. The quantitative estimate of drug-likeness (QED) is 0.594. The lowest BCUT2D eigenvalue weighted by atomic mass is 10.0. The number of rotatable bonds is 4. The van der Waals surface area contributed by atoms with E-state index in [0.29, 0.717) is 18.9 Å². The zero-order valence-corrected chi connectivity index (χ0v) is 21.1. The molecule has 190 valence electrons. The van der Waals surface area contributed by atoms with Crippen molar-refractivity contribution in [3.8, 4) is 6.07 Å². The van der Waals surface area contributed by atoms with E-state index in [2.05, 4.69) is 4.98 Å². The fourth-order valence-electron chi connectivity index (χ4n) is 4.17. The summed E-state index contributed by atoms with van der Waals surface area (Å²) in [4.78, 5) is 22.4. The Labute approximate surface area is 212 Å². The minimum atomic E-state index is -4.76. The molecule has 3 heterocycles. The maximum Gasteiger partial charge on any atom is 0.417 e. The first-order valence-electron chi connectivity index (χ1n) is 11.0. The summed E-state index contributed by atoms with van der Waals surface area (Å²) in [5, 5.41) is 9.11. The van der Waals surface area contributed by atoms with E-state index in [1.165, 1.54) is 12.1 Å². The van der Waals surface area contributed by atoms with Gasteiger partial charge in [0.2, 0.25) is 0 Å². The number of pyridine rings is 1. The molecule has 36 heavy (non-hydrogen) atoms. The van der Waals surface area contributed by atoms with Gasteiger partial charge >= 0.3 is 6.18 Å². The maximum atomic E-state index is 13.5. The molecule has 13 heteroatoms. The molecule has 0 aliphatic carbocycles. The highest BCUT2D eigenvalue weighted by Crippen LogP contribution is 2.38. The Morgan fingerprint density at radius 3 is 2.44 bits per heavy atom. The van der Waals surface area contributed by atoms with E-state index in [4.69, 9.17) is 22.3 Å². The molecule has 2 saturated heterocycles. The van der Waals surface area contributed by atoms with Crippen molar-refractivity contribution in [1.82, 2.24) is 9.88 Å². The average molecular weight is 537 g/mol. The second-order valence-electron chi connectivity index (χ2n) is 9.14. The zero-order chi connectivity index (χ0) is 26.5. The molecule has 0 bridgehead atoms. The molecular formula is C23H23F3N6O2S2. The minimum Gasteiger partial charge on any atom is -0.355 e. The number of anilines is 2. The van der Waals surface area contributed by atoms with Crippen molar-refractivity contribution in [3.05, 3.63) is 53.2 Å². The lowest BCUT2D eigenvalue weighted by molar-refractivity contribution is -0.137. The van der Waals surface area contributed by atoms with Crippen LogP contribution in [0.2, 0.25) is 0 Å². The zero-order valence-electron chi connectivity index (χ0n) is 19.5. The highest BCUT2D eigenvalue weighted by molar-refractivity contribution is 7.92. The predicted molar refractivity (Wildman–Crippen MR) is 133 cm³/mol. The summed E-state index contributed by atoms with van der Waals surface area (Å²) in [6.07, 6.45) is -3.13. The summed E-state index contributed by atoms with van der Waals surface area (Å²) in [5.41, 5.74) is -2.13. The molecule has 8 nitrogen and oxygen atoms in total. The summed E-state index contributed by atoms with van der Waals surface area (Å²) in [6.45, 7) is 4.44. The van der Waals surface area contributed by atoms with Gasteiger partial charge in [-0.05, 0) is 55.9 Å². The van der Waals surface area contributed by atoms with E-state index in [0.717, 1.165) is 22.6 Å². The van der Waals surface area contributed by atoms with Gasteiger partial charge in [0, 0.05) is 47.1 Å². The van der Waals surface area contributed by atoms with Crippen LogP contribution in [-0.4, -0.2) is 55.2 Å². The summed E-state index contributed by atoms with van der Waals surface area (Å²) >= 11 is 5.53. The SMILES string of the molecule is CC1(C)C(=O)N(c2ccc(C#N)c(C(F)(F)F)c2)C(=S)N1Cc1ccc(N2CCS(=N)(=O)CC2)nc1. The van der Waals surface area contributed by atoms with Gasteiger partial charge in [0.25, 0.3) is 5.91 Å². The Hall–Kier alpha value is -3.24. The largest absolute Gasteiger partial charge is 0.417 e. The number of hydrogen-bond donors (Lipinski definition) is 1. The van der Waals surface area contributed by atoms with Crippen LogP contribution in [0.15, 0.2) is 36.5 Å². The van der Waals surface area contributed by atoms with Crippen LogP contribution in [0.25, 0.3) is 0 Å². The third-order valence-electron chi connectivity index (χ3n) is 6.37. The van der Waals surface area contributed by atoms with Gasteiger partial charge < -0.3 is 9.80 Å². The molecule has 0 unspecified atom stereocenters. The third kappa shape index (κ3) is 4.75. The van der Waals surface area contributed by atoms with Gasteiger partial charge in [-0.2, -0.15) is 18.4 Å². The molecule has 1 aromatic carbocycles. The monoisotopic (exact) mass is 536 g/mol. The van der Waals surface area contributed by atoms with Gasteiger partial charge in [-0.15, -0.1) is 0 Å². The van der Waals surface area contributed by atoms with Crippen molar-refractivity contribution in [2.24, 2.45) is 0 Å². The Balaban J connectivity index is 1.57. The van der Waals surface area contributed by atoms with Crippen LogP contribution >= 0.6 is 12.2 Å². The molecule has 0 spiro atoms. The van der Waals surface area contributed by atoms with Crippen LogP contribution < -0.4 is 9.80 Å². The summed E-state index contributed by atoms with van der Waals surface area (Å²) < 4.78 is 60.0. The van der Waals surface area contributed by atoms with Crippen LogP contribution in [0, 0.1) is 16.1 Å². The van der Waals surface area contributed by atoms with E-state index in [1.54, 1.807) is 31.0 Å². The van der Waals surface area contributed by atoms with Crippen LogP contribution in [0.5, 0.6) is 0 Å². The number of nitrogens with one attached hydrogen (secondary N) is 1. The van der Waals surface area contributed by atoms with Crippen LogP contribution in [0.4, 0.5) is 24.7 Å². The lowest BCUT2D eigenvalue weighted by Gasteiger charge is -2.30. The fraction of sp³-hybridized carbons (Fsp3) is 0.391. The van der Waals surface area contributed by atoms with Gasteiger partial charge in [-0.1, -0.05) is 6.07 Å². The van der Waals surface area contributed by atoms with Gasteiger partial charge in [-0.3, -0.25) is 14.5 Å². The number of carbonyl (C=O) groups is 1. The molecular weight excluding hydrogens is 513 g/mol. The molecule has 0 radical (unpaired) electrons. The second kappa shape index (κ2) is 9.01. The van der Waals surface area contributed by atoms with Gasteiger partial charge in [0.05, 0.1) is 22.9 Å². The topological polar surface area (TPSA) is 104 Å². The molecule has 0 atom stereocenters. The van der Waals surface area contributed by atoms with Crippen molar-refractivity contribution in [2.75, 3.05) is 34.4 Å². The van der Waals surface area contributed by atoms with Crippen molar-refractivity contribution in [3.63, 3.8) is 0 Å². The molecule has 4 rings (SSSR count). The number of benzene rings is 1. The van der Waals surface area contributed by atoms with E-state index in [1.807, 2.05) is 11.0 Å². The molecule has 2 aliphatic heterocycles. The first-order chi connectivity index (χ1) is 16.7. The predicted octanol–water partition coefficient (Wildman–Crippen LogP) is 3.75. The third-order valence-corrected chi connectivity index (χ3v) is 8.45. The number of halogens is 3. The van der Waals surface area contributed by atoms with Crippen LogP contribution in [-0.2, 0) is 27.2 Å². The van der Waals surface area contributed by atoms with Crippen molar-refractivity contribution < 1.29 is 22.2 Å². The first kappa shape index (κ1) is 25.8. The van der Waals surface area contributed by atoms with Gasteiger partial charge in [0.15, 0.2) is 5.11 Å². The Bertz CT molecular complexity index is 1350. The number of alkyl halides is 3. The normalized spacial score (nSPS) is 19.5. The molecule has 1 N–H and O–H groups in total. The number of hydrogen-bond acceptors (Lipinski definition) is 7.